The molecule has 0 spiro atoms. The number of aryl methyl sites for hydroxylation is 1. The van der Waals surface area contributed by atoms with Gasteiger partial charge in [-0.2, -0.15) is 5.26 Å². The van der Waals surface area contributed by atoms with Gasteiger partial charge in [0.15, 0.2) is 0 Å². The molecule has 2 aromatic rings. The molecule has 1 aromatic carbocycles. The lowest BCUT2D eigenvalue weighted by molar-refractivity contribution is -0.127. The largest absolute Gasteiger partial charge is 0.347 e. The molecule has 3 unspecified atom stereocenters. The van der Waals surface area contributed by atoms with E-state index in [0.29, 0.717) is 23.6 Å². The molecule has 32 heavy (non-hydrogen) atoms. The standard InChI is InChI=1S/C22H27ClN4O4S/c1-27-19-12-15(23)8-7-14(19)11-20(27)22(29)26-18-6-4-3-5-17(18)21(28)25-16(13-24)9-10-32(2,30)31/h7-8,11-12,16-18H,3-6,9-10H2,1-2H3,(H,25,28)(H,26,29). The molecular formula is C22H27ClN4O4S. The summed E-state index contributed by atoms with van der Waals surface area (Å²) >= 11 is 6.08. The van der Waals surface area contributed by atoms with Crippen molar-refractivity contribution >= 4 is 44.2 Å². The van der Waals surface area contributed by atoms with E-state index < -0.39 is 21.8 Å². The fourth-order valence-electron chi connectivity index (χ4n) is 4.16. The molecule has 3 rings (SSSR count). The Morgan fingerprint density at radius 1 is 1.28 bits per heavy atom. The second-order valence-corrected chi connectivity index (χ2v) is 11.1. The minimum Gasteiger partial charge on any atom is -0.347 e. The molecule has 0 bridgehead atoms. The number of nitriles is 1. The number of hydrogen-bond donors (Lipinski definition) is 2. The van der Waals surface area contributed by atoms with Gasteiger partial charge in [-0.3, -0.25) is 9.59 Å². The summed E-state index contributed by atoms with van der Waals surface area (Å²) in [5.41, 5.74) is 1.30. The van der Waals surface area contributed by atoms with Crippen molar-refractivity contribution in [1.82, 2.24) is 15.2 Å². The van der Waals surface area contributed by atoms with E-state index in [1.807, 2.05) is 12.1 Å². The Bertz CT molecular complexity index is 1170. The number of sulfone groups is 1. The van der Waals surface area contributed by atoms with Gasteiger partial charge < -0.3 is 15.2 Å². The van der Waals surface area contributed by atoms with Crippen LogP contribution in [0.15, 0.2) is 24.3 Å². The van der Waals surface area contributed by atoms with E-state index in [4.69, 9.17) is 11.6 Å². The number of amides is 2. The van der Waals surface area contributed by atoms with Gasteiger partial charge in [0.25, 0.3) is 5.91 Å². The number of nitrogens with one attached hydrogen (secondary N) is 2. The van der Waals surface area contributed by atoms with Crippen molar-refractivity contribution in [1.29, 1.82) is 5.26 Å². The van der Waals surface area contributed by atoms with Crippen LogP contribution in [0.25, 0.3) is 10.9 Å². The molecule has 1 saturated carbocycles. The fraction of sp³-hybridized carbons (Fsp3) is 0.500. The Balaban J connectivity index is 1.71. The predicted octanol–water partition coefficient (Wildman–Crippen LogP) is 2.56. The Kier molecular flexibility index (Phi) is 7.47. The van der Waals surface area contributed by atoms with E-state index in [0.717, 1.165) is 30.0 Å². The SMILES string of the molecule is Cn1c(C(=O)NC2CCCCC2C(=O)NC(C#N)CCS(C)(=O)=O)cc2ccc(Cl)cc21. The number of aromatic nitrogens is 1. The van der Waals surface area contributed by atoms with Crippen molar-refractivity contribution in [2.24, 2.45) is 13.0 Å². The molecule has 1 aliphatic carbocycles. The molecule has 2 amide bonds. The molecule has 10 heteroatoms. The Hall–Kier alpha value is -2.57. The van der Waals surface area contributed by atoms with Crippen molar-refractivity contribution in [3.05, 3.63) is 35.0 Å². The van der Waals surface area contributed by atoms with Crippen molar-refractivity contribution in [2.45, 2.75) is 44.2 Å². The van der Waals surface area contributed by atoms with E-state index in [1.165, 1.54) is 0 Å². The van der Waals surface area contributed by atoms with Crippen LogP contribution in [0.5, 0.6) is 0 Å². The normalized spacial score (nSPS) is 19.8. The summed E-state index contributed by atoms with van der Waals surface area (Å²) < 4.78 is 24.5. The summed E-state index contributed by atoms with van der Waals surface area (Å²) in [5, 5.41) is 16.4. The van der Waals surface area contributed by atoms with E-state index in [1.54, 1.807) is 29.8 Å². The lowest BCUT2D eigenvalue weighted by Crippen LogP contribution is -2.50. The zero-order valence-corrected chi connectivity index (χ0v) is 19.7. The number of rotatable bonds is 7. The zero-order valence-electron chi connectivity index (χ0n) is 18.1. The first kappa shape index (κ1) is 24.1. The number of carbonyl (C=O) groups is 2. The van der Waals surface area contributed by atoms with Crippen LogP contribution < -0.4 is 10.6 Å². The van der Waals surface area contributed by atoms with Crippen molar-refractivity contribution in [2.75, 3.05) is 12.0 Å². The third kappa shape index (κ3) is 5.81. The van der Waals surface area contributed by atoms with Gasteiger partial charge in [0.1, 0.15) is 21.6 Å². The van der Waals surface area contributed by atoms with Crippen molar-refractivity contribution < 1.29 is 18.0 Å². The number of halogens is 1. The minimum atomic E-state index is -3.24. The molecule has 1 aromatic heterocycles. The summed E-state index contributed by atoms with van der Waals surface area (Å²) in [6, 6.07) is 7.90. The maximum absolute atomic E-state index is 13.0. The number of benzene rings is 1. The molecule has 1 fully saturated rings. The number of fused-ring (bicyclic) bond motifs is 1. The highest BCUT2D eigenvalue weighted by atomic mass is 35.5. The lowest BCUT2D eigenvalue weighted by atomic mass is 9.83. The van der Waals surface area contributed by atoms with E-state index >= 15 is 0 Å². The van der Waals surface area contributed by atoms with E-state index in [-0.39, 0.29) is 30.0 Å². The Morgan fingerprint density at radius 2 is 2.00 bits per heavy atom. The minimum absolute atomic E-state index is 0.0311. The molecule has 2 N–H and O–H groups in total. The van der Waals surface area contributed by atoms with Gasteiger partial charge in [-0.15, -0.1) is 0 Å². The summed E-state index contributed by atoms with van der Waals surface area (Å²) in [6.45, 7) is 0. The van der Waals surface area contributed by atoms with Crippen molar-refractivity contribution in [3.8, 4) is 6.07 Å². The molecule has 1 heterocycles. The van der Waals surface area contributed by atoms with Gasteiger partial charge in [-0.25, -0.2) is 8.42 Å². The van der Waals surface area contributed by atoms with Gasteiger partial charge in [0.2, 0.25) is 5.91 Å². The molecular weight excluding hydrogens is 452 g/mol. The van der Waals surface area contributed by atoms with Crippen LogP contribution in [0.4, 0.5) is 0 Å². The molecule has 3 atom stereocenters. The molecule has 0 aliphatic heterocycles. The van der Waals surface area contributed by atoms with Crippen LogP contribution in [0.2, 0.25) is 5.02 Å². The summed E-state index contributed by atoms with van der Waals surface area (Å²) in [7, 11) is -1.45. The van der Waals surface area contributed by atoms with Gasteiger partial charge in [-0.05, 0) is 37.5 Å². The maximum Gasteiger partial charge on any atom is 0.268 e. The van der Waals surface area contributed by atoms with Crippen LogP contribution in [0, 0.1) is 17.2 Å². The highest BCUT2D eigenvalue weighted by Crippen LogP contribution is 2.27. The van der Waals surface area contributed by atoms with Gasteiger partial charge in [0.05, 0.1) is 17.7 Å². The number of nitrogens with zero attached hydrogens (tertiary/aromatic N) is 2. The number of hydrogen-bond acceptors (Lipinski definition) is 5. The maximum atomic E-state index is 13.0. The Morgan fingerprint density at radius 3 is 2.69 bits per heavy atom. The quantitative estimate of drug-likeness (QED) is 0.633. The van der Waals surface area contributed by atoms with Gasteiger partial charge >= 0.3 is 0 Å². The first-order valence-corrected chi connectivity index (χ1v) is 13.0. The van der Waals surface area contributed by atoms with Crippen LogP contribution in [-0.4, -0.2) is 48.9 Å². The summed E-state index contributed by atoms with van der Waals surface area (Å²) in [5.74, 6) is -1.27. The first-order chi connectivity index (χ1) is 15.1. The Labute approximate surface area is 192 Å². The molecule has 172 valence electrons. The van der Waals surface area contributed by atoms with E-state index in [2.05, 4.69) is 10.6 Å². The number of carbonyl (C=O) groups excluding carboxylic acids is 2. The molecule has 0 saturated heterocycles. The highest BCUT2D eigenvalue weighted by Gasteiger charge is 2.33. The lowest BCUT2D eigenvalue weighted by Gasteiger charge is -2.31. The third-order valence-electron chi connectivity index (χ3n) is 5.91. The van der Waals surface area contributed by atoms with Crippen LogP contribution >= 0.6 is 11.6 Å². The predicted molar refractivity (Wildman–Crippen MR) is 123 cm³/mol. The van der Waals surface area contributed by atoms with Crippen LogP contribution in [0.3, 0.4) is 0 Å². The zero-order chi connectivity index (χ0) is 23.5. The monoisotopic (exact) mass is 478 g/mol. The van der Waals surface area contributed by atoms with Gasteiger partial charge in [-0.1, -0.05) is 30.5 Å². The highest BCUT2D eigenvalue weighted by molar-refractivity contribution is 7.90. The van der Waals surface area contributed by atoms with E-state index in [9.17, 15) is 23.3 Å². The topological polar surface area (TPSA) is 121 Å². The average Bonchev–Trinajstić information content (AvgIpc) is 3.06. The molecule has 8 nitrogen and oxygen atoms in total. The first-order valence-electron chi connectivity index (χ1n) is 10.5. The fourth-order valence-corrected chi connectivity index (χ4v) is 4.99. The molecule has 0 radical (unpaired) electrons. The van der Waals surface area contributed by atoms with Crippen LogP contribution in [0.1, 0.15) is 42.6 Å². The van der Waals surface area contributed by atoms with Crippen LogP contribution in [-0.2, 0) is 21.7 Å². The third-order valence-corrected chi connectivity index (χ3v) is 7.12. The summed E-state index contributed by atoms with van der Waals surface area (Å²) in [6.07, 6.45) is 4.10. The second-order valence-electron chi connectivity index (χ2n) is 8.37. The molecule has 1 aliphatic rings. The van der Waals surface area contributed by atoms with Gasteiger partial charge in [0, 0.05) is 35.3 Å². The second kappa shape index (κ2) is 9.92. The van der Waals surface area contributed by atoms with Crippen molar-refractivity contribution in [3.63, 3.8) is 0 Å². The average molecular weight is 479 g/mol. The summed E-state index contributed by atoms with van der Waals surface area (Å²) in [4.78, 5) is 25.9. The smallest absolute Gasteiger partial charge is 0.268 e.